The Hall–Kier alpha value is -1.57. The molecule has 1 saturated heterocycles. The van der Waals surface area contributed by atoms with Crippen molar-refractivity contribution >= 4 is 29.2 Å². The van der Waals surface area contributed by atoms with Gasteiger partial charge in [-0.3, -0.25) is 10.1 Å². The van der Waals surface area contributed by atoms with Crippen molar-refractivity contribution in [2.75, 3.05) is 22.9 Å². The van der Waals surface area contributed by atoms with E-state index in [0.717, 1.165) is 12.3 Å². The molecular formula is C11H17N5O2S. The van der Waals surface area contributed by atoms with Crippen LogP contribution in [0.4, 0.5) is 17.5 Å². The number of hydrogen-bond donors (Lipinski definition) is 1. The largest absolute Gasteiger partial charge is 0.368 e. The first-order chi connectivity index (χ1) is 8.91. The van der Waals surface area contributed by atoms with E-state index in [2.05, 4.69) is 16.9 Å². The summed E-state index contributed by atoms with van der Waals surface area (Å²) in [6, 6.07) is 0.172. The first kappa shape index (κ1) is 13.9. The molecule has 104 valence electrons. The fraction of sp³-hybridized carbons (Fsp3) is 0.636. The van der Waals surface area contributed by atoms with Crippen LogP contribution in [0.25, 0.3) is 0 Å². The summed E-state index contributed by atoms with van der Waals surface area (Å²) >= 11 is 1.86. The first-order valence-corrected chi connectivity index (χ1v) is 7.13. The number of hydrogen-bond acceptors (Lipinski definition) is 7. The lowest BCUT2D eigenvalue weighted by atomic mass is 10.2. The zero-order valence-electron chi connectivity index (χ0n) is 11.2. The van der Waals surface area contributed by atoms with Crippen LogP contribution in [0.2, 0.25) is 0 Å². The van der Waals surface area contributed by atoms with Gasteiger partial charge in [0.05, 0.1) is 4.92 Å². The zero-order valence-corrected chi connectivity index (χ0v) is 12.0. The number of thioether (sulfide) groups is 1. The number of anilines is 2. The molecule has 0 saturated carbocycles. The Bertz CT molecular complexity index is 510. The van der Waals surface area contributed by atoms with Gasteiger partial charge >= 0.3 is 5.69 Å². The summed E-state index contributed by atoms with van der Waals surface area (Å²) in [4.78, 5) is 20.8. The molecule has 0 bridgehead atoms. The minimum atomic E-state index is -0.427. The molecule has 2 N–H and O–H groups in total. The van der Waals surface area contributed by atoms with Crippen LogP contribution in [-0.2, 0) is 0 Å². The van der Waals surface area contributed by atoms with Gasteiger partial charge in [0.1, 0.15) is 5.69 Å². The van der Waals surface area contributed by atoms with E-state index in [1.165, 1.54) is 0 Å². The van der Waals surface area contributed by atoms with Crippen molar-refractivity contribution in [3.63, 3.8) is 0 Å². The Morgan fingerprint density at radius 2 is 2.16 bits per heavy atom. The van der Waals surface area contributed by atoms with Gasteiger partial charge in [-0.25, -0.2) is 4.98 Å². The van der Waals surface area contributed by atoms with Crippen molar-refractivity contribution in [1.82, 2.24) is 9.97 Å². The van der Waals surface area contributed by atoms with Gasteiger partial charge in [-0.15, -0.1) is 0 Å². The van der Waals surface area contributed by atoms with E-state index in [0.29, 0.717) is 16.8 Å². The molecule has 2 atom stereocenters. The molecule has 1 aromatic heterocycles. The Kier molecular flexibility index (Phi) is 3.79. The molecule has 0 spiro atoms. The van der Waals surface area contributed by atoms with Crippen LogP contribution in [0, 0.1) is 17.0 Å². The molecule has 0 amide bonds. The molecule has 19 heavy (non-hydrogen) atoms. The molecule has 0 radical (unpaired) electrons. The number of aryl methyl sites for hydroxylation is 1. The third kappa shape index (κ3) is 2.58. The van der Waals surface area contributed by atoms with Gasteiger partial charge in [0.2, 0.25) is 11.8 Å². The molecule has 2 rings (SSSR count). The molecule has 1 aromatic rings. The van der Waals surface area contributed by atoms with Crippen molar-refractivity contribution < 1.29 is 4.92 Å². The number of nitro groups is 1. The maximum Gasteiger partial charge on any atom is 0.332 e. The number of nitrogens with zero attached hydrogens (tertiary/aromatic N) is 4. The maximum atomic E-state index is 11.2. The summed E-state index contributed by atoms with van der Waals surface area (Å²) < 4.78 is 0. The second kappa shape index (κ2) is 5.20. The van der Waals surface area contributed by atoms with E-state index in [1.54, 1.807) is 6.92 Å². The van der Waals surface area contributed by atoms with Crippen molar-refractivity contribution in [1.29, 1.82) is 0 Å². The molecule has 7 nitrogen and oxygen atoms in total. The molecule has 8 heteroatoms. The SMILES string of the molecule is Cc1nc(N)nc(N2CCSC(C)C2C)c1[N+](=O)[O-]. The minimum absolute atomic E-state index is 0.0415. The molecule has 2 heterocycles. The van der Waals surface area contributed by atoms with E-state index < -0.39 is 4.92 Å². The van der Waals surface area contributed by atoms with Crippen molar-refractivity contribution in [2.24, 2.45) is 0 Å². The van der Waals surface area contributed by atoms with Crippen LogP contribution in [0.1, 0.15) is 19.5 Å². The molecule has 2 unspecified atom stereocenters. The quantitative estimate of drug-likeness (QED) is 0.650. The van der Waals surface area contributed by atoms with Crippen LogP contribution in [-0.4, -0.2) is 38.5 Å². The highest BCUT2D eigenvalue weighted by Crippen LogP contribution is 2.35. The highest BCUT2D eigenvalue weighted by atomic mass is 32.2. The van der Waals surface area contributed by atoms with Gasteiger partial charge in [-0.1, -0.05) is 6.92 Å². The minimum Gasteiger partial charge on any atom is -0.368 e. The lowest BCUT2D eigenvalue weighted by Gasteiger charge is -2.37. The van der Waals surface area contributed by atoms with E-state index in [4.69, 9.17) is 5.73 Å². The molecule has 1 aliphatic rings. The summed E-state index contributed by atoms with van der Waals surface area (Å²) in [7, 11) is 0. The van der Waals surface area contributed by atoms with Gasteiger partial charge in [0.15, 0.2) is 0 Å². The summed E-state index contributed by atoms with van der Waals surface area (Å²) in [5.41, 5.74) is 5.91. The Balaban J connectivity index is 2.51. The van der Waals surface area contributed by atoms with Gasteiger partial charge in [-0.2, -0.15) is 16.7 Å². The van der Waals surface area contributed by atoms with Gasteiger partial charge in [0, 0.05) is 23.6 Å². The second-order valence-corrected chi connectivity index (χ2v) is 6.09. The van der Waals surface area contributed by atoms with Gasteiger partial charge in [0.25, 0.3) is 0 Å². The second-order valence-electron chi connectivity index (χ2n) is 4.61. The molecule has 1 fully saturated rings. The predicted octanol–water partition coefficient (Wildman–Crippen LogP) is 1.61. The lowest BCUT2D eigenvalue weighted by Crippen LogP contribution is -2.45. The Morgan fingerprint density at radius 3 is 2.79 bits per heavy atom. The summed E-state index contributed by atoms with van der Waals surface area (Å²) in [6.07, 6.45) is 0. The van der Waals surface area contributed by atoms with Gasteiger partial charge < -0.3 is 10.6 Å². The topological polar surface area (TPSA) is 98.2 Å². The van der Waals surface area contributed by atoms with E-state index in [-0.39, 0.29) is 17.7 Å². The molecular weight excluding hydrogens is 266 g/mol. The number of nitrogen functional groups attached to an aromatic ring is 1. The van der Waals surface area contributed by atoms with Crippen LogP contribution < -0.4 is 10.6 Å². The van der Waals surface area contributed by atoms with Crippen LogP contribution in [0.3, 0.4) is 0 Å². The summed E-state index contributed by atoms with van der Waals surface area (Å²) in [5.74, 6) is 1.34. The monoisotopic (exact) mass is 283 g/mol. The standard InChI is InChI=1S/C11H17N5O2S/c1-6-9(16(17)18)10(14-11(12)13-6)15-4-5-19-8(3)7(15)2/h7-8H,4-5H2,1-3H3,(H2,12,13,14). The van der Waals surface area contributed by atoms with Crippen molar-refractivity contribution in [2.45, 2.75) is 32.1 Å². The fourth-order valence-corrected chi connectivity index (χ4v) is 3.32. The highest BCUT2D eigenvalue weighted by molar-refractivity contribution is 8.00. The fourth-order valence-electron chi connectivity index (χ4n) is 2.22. The normalized spacial score (nSPS) is 23.4. The van der Waals surface area contributed by atoms with Crippen molar-refractivity contribution in [3.8, 4) is 0 Å². The highest BCUT2D eigenvalue weighted by Gasteiger charge is 2.33. The first-order valence-electron chi connectivity index (χ1n) is 6.08. The third-order valence-electron chi connectivity index (χ3n) is 3.40. The smallest absolute Gasteiger partial charge is 0.332 e. The Morgan fingerprint density at radius 1 is 1.47 bits per heavy atom. The van der Waals surface area contributed by atoms with E-state index >= 15 is 0 Å². The van der Waals surface area contributed by atoms with Gasteiger partial charge in [-0.05, 0) is 13.8 Å². The maximum absolute atomic E-state index is 11.2. The van der Waals surface area contributed by atoms with Crippen LogP contribution in [0.15, 0.2) is 0 Å². The van der Waals surface area contributed by atoms with Crippen LogP contribution >= 0.6 is 11.8 Å². The zero-order chi connectivity index (χ0) is 14.2. The summed E-state index contributed by atoms with van der Waals surface area (Å²) in [5, 5.41) is 11.6. The average Bonchev–Trinajstić information content (AvgIpc) is 2.31. The molecule has 1 aliphatic heterocycles. The Labute approximate surface area is 115 Å². The number of aromatic nitrogens is 2. The number of nitrogens with two attached hydrogens (primary N) is 1. The molecule has 0 aliphatic carbocycles. The van der Waals surface area contributed by atoms with Crippen LogP contribution in [0.5, 0.6) is 0 Å². The average molecular weight is 283 g/mol. The van der Waals surface area contributed by atoms with E-state index in [1.807, 2.05) is 23.6 Å². The summed E-state index contributed by atoms with van der Waals surface area (Å²) in [6.45, 7) is 6.48. The lowest BCUT2D eigenvalue weighted by molar-refractivity contribution is -0.385. The van der Waals surface area contributed by atoms with E-state index in [9.17, 15) is 10.1 Å². The third-order valence-corrected chi connectivity index (χ3v) is 4.73. The molecule has 0 aromatic carbocycles. The predicted molar refractivity (Wildman–Crippen MR) is 76.6 cm³/mol. The number of rotatable bonds is 2. The van der Waals surface area contributed by atoms with Crippen molar-refractivity contribution in [3.05, 3.63) is 15.8 Å².